The Hall–Kier alpha value is -2.41. The molecular formula is C21H21F4NO2. The van der Waals surface area contributed by atoms with Crippen molar-refractivity contribution >= 4 is 5.91 Å². The van der Waals surface area contributed by atoms with Gasteiger partial charge in [-0.25, -0.2) is 4.39 Å². The Bertz CT molecular complexity index is 780. The SMILES string of the molecule is O=C(c1ccc(C(F)(F)F)cc1)N1CCC(COCc2ccc(F)cc2)CC1. The molecule has 0 spiro atoms. The minimum atomic E-state index is -4.41. The van der Waals surface area contributed by atoms with Crippen LogP contribution in [0.5, 0.6) is 0 Å². The number of halogens is 4. The van der Waals surface area contributed by atoms with E-state index >= 15 is 0 Å². The molecule has 7 heteroatoms. The van der Waals surface area contributed by atoms with E-state index in [9.17, 15) is 22.4 Å². The highest BCUT2D eigenvalue weighted by molar-refractivity contribution is 5.94. The van der Waals surface area contributed by atoms with Crippen molar-refractivity contribution in [2.45, 2.75) is 25.6 Å². The fourth-order valence-corrected chi connectivity index (χ4v) is 3.21. The maximum Gasteiger partial charge on any atom is 0.416 e. The van der Waals surface area contributed by atoms with E-state index in [-0.39, 0.29) is 17.3 Å². The molecule has 2 aromatic rings. The van der Waals surface area contributed by atoms with Crippen LogP contribution in [0, 0.1) is 11.7 Å². The van der Waals surface area contributed by atoms with Crippen molar-refractivity contribution in [3.05, 3.63) is 71.0 Å². The van der Waals surface area contributed by atoms with Crippen LogP contribution in [-0.4, -0.2) is 30.5 Å². The van der Waals surface area contributed by atoms with E-state index in [2.05, 4.69) is 0 Å². The second kappa shape index (κ2) is 8.73. The second-order valence-electron chi connectivity index (χ2n) is 6.95. The average molecular weight is 395 g/mol. The molecule has 1 amide bonds. The Morgan fingerprint density at radius 1 is 1.00 bits per heavy atom. The molecule has 1 fully saturated rings. The molecular weight excluding hydrogens is 374 g/mol. The summed E-state index contributed by atoms with van der Waals surface area (Å²) in [5.74, 6) is -0.217. The Kier molecular flexibility index (Phi) is 6.34. The van der Waals surface area contributed by atoms with E-state index in [0.29, 0.717) is 32.2 Å². The van der Waals surface area contributed by atoms with Crippen molar-refractivity contribution in [1.29, 1.82) is 0 Å². The Balaban J connectivity index is 1.44. The van der Waals surface area contributed by atoms with Crippen molar-refractivity contribution in [3.8, 4) is 0 Å². The van der Waals surface area contributed by atoms with Crippen LogP contribution in [0.25, 0.3) is 0 Å². The number of nitrogens with zero attached hydrogens (tertiary/aromatic N) is 1. The van der Waals surface area contributed by atoms with E-state index in [1.54, 1.807) is 17.0 Å². The second-order valence-corrected chi connectivity index (χ2v) is 6.95. The van der Waals surface area contributed by atoms with Gasteiger partial charge >= 0.3 is 6.18 Å². The quantitative estimate of drug-likeness (QED) is 0.673. The van der Waals surface area contributed by atoms with Gasteiger partial charge in [0.05, 0.1) is 12.2 Å². The lowest BCUT2D eigenvalue weighted by Crippen LogP contribution is -2.39. The van der Waals surface area contributed by atoms with Crippen LogP contribution in [0.15, 0.2) is 48.5 Å². The molecule has 0 radical (unpaired) electrons. The number of likely N-dealkylation sites (tertiary alicyclic amines) is 1. The third-order valence-corrected chi connectivity index (χ3v) is 4.90. The summed E-state index contributed by atoms with van der Waals surface area (Å²) < 4.78 is 56.4. The number of hydrogen-bond donors (Lipinski definition) is 0. The van der Waals surface area contributed by atoms with E-state index in [1.165, 1.54) is 24.3 Å². The third-order valence-electron chi connectivity index (χ3n) is 4.90. The molecule has 0 saturated carbocycles. The zero-order chi connectivity index (χ0) is 20.1. The molecule has 0 aliphatic carbocycles. The summed E-state index contributed by atoms with van der Waals surface area (Å²) in [5.41, 5.74) is 0.399. The lowest BCUT2D eigenvalue weighted by Gasteiger charge is -2.32. The van der Waals surface area contributed by atoms with Gasteiger partial charge in [-0.1, -0.05) is 12.1 Å². The first-order valence-corrected chi connectivity index (χ1v) is 9.11. The lowest BCUT2D eigenvalue weighted by molar-refractivity contribution is -0.137. The van der Waals surface area contributed by atoms with Gasteiger partial charge < -0.3 is 9.64 Å². The standard InChI is InChI=1S/C21H21F4NO2/c22-19-7-1-15(2-8-19)13-28-14-16-9-11-26(12-10-16)20(27)17-3-5-18(6-4-17)21(23,24)25/h1-8,16H,9-14H2. The molecule has 0 aromatic heterocycles. The first-order valence-electron chi connectivity index (χ1n) is 9.11. The molecule has 0 N–H and O–H groups in total. The molecule has 2 aromatic carbocycles. The highest BCUT2D eigenvalue weighted by Crippen LogP contribution is 2.29. The largest absolute Gasteiger partial charge is 0.416 e. The number of benzene rings is 2. The molecule has 0 unspecified atom stereocenters. The maximum atomic E-state index is 12.9. The summed E-state index contributed by atoms with van der Waals surface area (Å²) in [6.07, 6.45) is -2.86. The fourth-order valence-electron chi connectivity index (χ4n) is 3.21. The van der Waals surface area contributed by atoms with Gasteiger partial charge in [0.1, 0.15) is 5.82 Å². The number of ether oxygens (including phenoxy) is 1. The normalized spacial score (nSPS) is 15.6. The zero-order valence-electron chi connectivity index (χ0n) is 15.2. The molecule has 0 bridgehead atoms. The highest BCUT2D eigenvalue weighted by atomic mass is 19.4. The molecule has 1 aliphatic rings. The van der Waals surface area contributed by atoms with Crippen LogP contribution >= 0.6 is 0 Å². The molecule has 1 aliphatic heterocycles. The van der Waals surface area contributed by atoms with Crippen LogP contribution in [0.1, 0.15) is 34.3 Å². The summed E-state index contributed by atoms with van der Waals surface area (Å²) >= 11 is 0. The van der Waals surface area contributed by atoms with E-state index in [0.717, 1.165) is 30.5 Å². The molecule has 3 rings (SSSR count). The van der Waals surface area contributed by atoms with Gasteiger partial charge in [0.2, 0.25) is 0 Å². The van der Waals surface area contributed by atoms with Crippen LogP contribution in [0.2, 0.25) is 0 Å². The molecule has 1 heterocycles. The Morgan fingerprint density at radius 3 is 2.18 bits per heavy atom. The topological polar surface area (TPSA) is 29.5 Å². The smallest absolute Gasteiger partial charge is 0.376 e. The van der Waals surface area contributed by atoms with E-state index < -0.39 is 11.7 Å². The number of carbonyl (C=O) groups excluding carboxylic acids is 1. The molecule has 3 nitrogen and oxygen atoms in total. The predicted octanol–water partition coefficient (Wildman–Crippen LogP) is 4.91. The summed E-state index contributed by atoms with van der Waals surface area (Å²) in [7, 11) is 0. The van der Waals surface area contributed by atoms with E-state index in [4.69, 9.17) is 4.74 Å². The van der Waals surface area contributed by atoms with Crippen LogP contribution in [0.4, 0.5) is 17.6 Å². The lowest BCUT2D eigenvalue weighted by atomic mass is 9.97. The first-order chi connectivity index (χ1) is 13.3. The summed E-state index contributed by atoms with van der Waals surface area (Å²) in [6.45, 7) is 2.06. The van der Waals surface area contributed by atoms with Crippen molar-refractivity contribution < 1.29 is 27.1 Å². The minimum absolute atomic E-state index is 0.251. The molecule has 0 atom stereocenters. The van der Waals surface area contributed by atoms with Crippen LogP contribution in [0.3, 0.4) is 0 Å². The van der Waals surface area contributed by atoms with Crippen molar-refractivity contribution in [2.24, 2.45) is 5.92 Å². The summed E-state index contributed by atoms with van der Waals surface area (Å²) in [6, 6.07) is 10.5. The van der Waals surface area contributed by atoms with Gasteiger partial charge in [0.15, 0.2) is 0 Å². The monoisotopic (exact) mass is 395 g/mol. The molecule has 28 heavy (non-hydrogen) atoms. The maximum absolute atomic E-state index is 12.9. The van der Waals surface area contributed by atoms with Gasteiger partial charge in [0, 0.05) is 25.3 Å². The molecule has 1 saturated heterocycles. The third kappa shape index (κ3) is 5.32. The number of amides is 1. The van der Waals surface area contributed by atoms with Crippen molar-refractivity contribution in [3.63, 3.8) is 0 Å². The van der Waals surface area contributed by atoms with Gasteiger partial charge in [-0.05, 0) is 60.7 Å². The predicted molar refractivity (Wildman–Crippen MR) is 96.1 cm³/mol. The summed E-state index contributed by atoms with van der Waals surface area (Å²) in [5, 5.41) is 0. The Morgan fingerprint density at radius 2 is 1.61 bits per heavy atom. The zero-order valence-corrected chi connectivity index (χ0v) is 15.2. The summed E-state index contributed by atoms with van der Waals surface area (Å²) in [4.78, 5) is 14.1. The van der Waals surface area contributed by atoms with Gasteiger partial charge in [-0.3, -0.25) is 4.79 Å². The number of rotatable bonds is 5. The van der Waals surface area contributed by atoms with E-state index in [1.807, 2.05) is 0 Å². The number of piperidine rings is 1. The van der Waals surface area contributed by atoms with Crippen molar-refractivity contribution in [2.75, 3.05) is 19.7 Å². The highest BCUT2D eigenvalue weighted by Gasteiger charge is 2.31. The number of hydrogen-bond acceptors (Lipinski definition) is 2. The average Bonchev–Trinajstić information content (AvgIpc) is 2.69. The van der Waals surface area contributed by atoms with Gasteiger partial charge in [-0.15, -0.1) is 0 Å². The molecule has 150 valence electrons. The minimum Gasteiger partial charge on any atom is -0.376 e. The van der Waals surface area contributed by atoms with Gasteiger partial charge in [0.25, 0.3) is 5.91 Å². The first kappa shape index (κ1) is 20.3. The van der Waals surface area contributed by atoms with Crippen molar-refractivity contribution in [1.82, 2.24) is 4.90 Å². The van der Waals surface area contributed by atoms with Crippen LogP contribution in [-0.2, 0) is 17.5 Å². The number of carbonyl (C=O) groups is 1. The fraction of sp³-hybridized carbons (Fsp3) is 0.381. The number of alkyl halides is 3. The van der Waals surface area contributed by atoms with Crippen LogP contribution < -0.4 is 0 Å². The Labute approximate surface area is 160 Å². The van der Waals surface area contributed by atoms with Gasteiger partial charge in [-0.2, -0.15) is 13.2 Å².